The highest BCUT2D eigenvalue weighted by molar-refractivity contribution is 7.12. The molecular weight excluding hydrogens is 329 g/mol. The van der Waals surface area contributed by atoms with Gasteiger partial charge in [0.2, 0.25) is 0 Å². The lowest BCUT2D eigenvalue weighted by atomic mass is 10.1. The number of carbonyl (C=O) groups excluding carboxylic acids is 2. The predicted molar refractivity (Wildman–Crippen MR) is 80.4 cm³/mol. The molecule has 0 fully saturated rings. The molecule has 0 radical (unpaired) electrons. The molecule has 0 spiro atoms. The van der Waals surface area contributed by atoms with Crippen molar-refractivity contribution in [2.45, 2.75) is 6.18 Å². The van der Waals surface area contributed by atoms with E-state index >= 15 is 0 Å². The number of amides is 2. The van der Waals surface area contributed by atoms with Crippen LogP contribution in [0.25, 0.3) is 0 Å². The van der Waals surface area contributed by atoms with E-state index in [0.717, 1.165) is 12.1 Å². The molecule has 0 saturated heterocycles. The summed E-state index contributed by atoms with van der Waals surface area (Å²) in [5.41, 5.74) is -1.43. The lowest BCUT2D eigenvalue weighted by molar-refractivity contribution is -0.137. The van der Waals surface area contributed by atoms with Gasteiger partial charge in [-0.25, -0.2) is 0 Å². The van der Waals surface area contributed by atoms with Crippen LogP contribution in [0.4, 0.5) is 13.2 Å². The van der Waals surface area contributed by atoms with E-state index in [2.05, 4.69) is 10.6 Å². The minimum atomic E-state index is -4.60. The van der Waals surface area contributed by atoms with Crippen molar-refractivity contribution >= 4 is 23.2 Å². The average molecular weight is 342 g/mol. The van der Waals surface area contributed by atoms with Crippen molar-refractivity contribution in [2.75, 3.05) is 13.1 Å². The Kier molecular flexibility index (Phi) is 5.38. The van der Waals surface area contributed by atoms with Crippen LogP contribution < -0.4 is 10.6 Å². The van der Waals surface area contributed by atoms with Gasteiger partial charge in [0.25, 0.3) is 11.8 Å². The Morgan fingerprint density at radius 2 is 1.61 bits per heavy atom. The molecule has 1 aromatic heterocycles. The van der Waals surface area contributed by atoms with Gasteiger partial charge in [0.15, 0.2) is 0 Å². The van der Waals surface area contributed by atoms with E-state index in [1.54, 1.807) is 17.5 Å². The smallest absolute Gasteiger partial charge is 0.350 e. The lowest BCUT2D eigenvalue weighted by Crippen LogP contribution is -2.35. The molecule has 2 amide bonds. The Balaban J connectivity index is 1.87. The molecule has 2 aromatic rings. The summed E-state index contributed by atoms with van der Waals surface area (Å²) in [6, 6.07) is 7.94. The number of alkyl halides is 3. The molecule has 0 aliphatic heterocycles. The Morgan fingerprint density at radius 3 is 2.22 bits per heavy atom. The molecule has 122 valence electrons. The second kappa shape index (κ2) is 7.28. The summed E-state index contributed by atoms with van der Waals surface area (Å²) in [6.07, 6.45) is -4.60. The van der Waals surface area contributed by atoms with E-state index in [4.69, 9.17) is 0 Å². The first kappa shape index (κ1) is 17.0. The Labute approximate surface area is 134 Å². The number of halogens is 3. The third-order valence-corrected chi connectivity index (χ3v) is 3.79. The van der Waals surface area contributed by atoms with Crippen molar-refractivity contribution in [1.82, 2.24) is 10.6 Å². The predicted octanol–water partition coefficient (Wildman–Crippen LogP) is 2.93. The molecule has 8 heteroatoms. The Morgan fingerprint density at radius 1 is 0.957 bits per heavy atom. The van der Waals surface area contributed by atoms with Gasteiger partial charge in [0.05, 0.1) is 16.0 Å². The van der Waals surface area contributed by atoms with Crippen molar-refractivity contribution in [3.8, 4) is 0 Å². The van der Waals surface area contributed by atoms with Gasteiger partial charge in [0, 0.05) is 13.1 Å². The highest BCUT2D eigenvalue weighted by Crippen LogP contribution is 2.31. The van der Waals surface area contributed by atoms with E-state index < -0.39 is 23.2 Å². The number of thiophene rings is 1. The van der Waals surface area contributed by atoms with Gasteiger partial charge in [-0.2, -0.15) is 13.2 Å². The lowest BCUT2D eigenvalue weighted by Gasteiger charge is -2.12. The fourth-order valence-electron chi connectivity index (χ4n) is 1.87. The molecule has 0 atom stereocenters. The van der Waals surface area contributed by atoms with E-state index in [1.165, 1.54) is 23.5 Å². The van der Waals surface area contributed by atoms with Crippen molar-refractivity contribution in [1.29, 1.82) is 0 Å². The second-order valence-electron chi connectivity index (χ2n) is 4.53. The molecule has 0 unspecified atom stereocenters. The zero-order chi connectivity index (χ0) is 16.9. The van der Waals surface area contributed by atoms with Crippen LogP contribution in [-0.4, -0.2) is 24.9 Å². The monoisotopic (exact) mass is 342 g/mol. The molecular formula is C15H13F3N2O2S. The zero-order valence-corrected chi connectivity index (χ0v) is 12.6. The summed E-state index contributed by atoms with van der Waals surface area (Å²) in [5, 5.41) is 6.69. The first-order valence-corrected chi connectivity index (χ1v) is 7.53. The quantitative estimate of drug-likeness (QED) is 0.821. The number of hydrogen-bond acceptors (Lipinski definition) is 3. The van der Waals surface area contributed by atoms with Crippen molar-refractivity contribution in [2.24, 2.45) is 0 Å². The first-order chi connectivity index (χ1) is 10.9. The number of hydrogen-bond donors (Lipinski definition) is 2. The number of carbonyl (C=O) groups is 2. The van der Waals surface area contributed by atoms with Crippen LogP contribution in [0.2, 0.25) is 0 Å². The number of rotatable bonds is 5. The minimum Gasteiger partial charge on any atom is -0.350 e. The van der Waals surface area contributed by atoms with Crippen LogP contribution >= 0.6 is 11.3 Å². The Bertz CT molecular complexity index is 684. The molecule has 2 N–H and O–H groups in total. The average Bonchev–Trinajstić information content (AvgIpc) is 3.04. The molecule has 23 heavy (non-hydrogen) atoms. The standard InChI is InChI=1S/C15H13F3N2O2S/c16-15(17,18)11-5-2-1-4-10(11)13(21)19-7-8-20-14(22)12-6-3-9-23-12/h1-6,9H,7-8H2,(H,19,21)(H,20,22). The van der Waals surface area contributed by atoms with E-state index in [-0.39, 0.29) is 19.0 Å². The van der Waals surface area contributed by atoms with Gasteiger partial charge in [-0.05, 0) is 23.6 Å². The van der Waals surface area contributed by atoms with Crippen molar-refractivity contribution in [3.63, 3.8) is 0 Å². The van der Waals surface area contributed by atoms with Gasteiger partial charge in [0.1, 0.15) is 0 Å². The number of benzene rings is 1. The highest BCUT2D eigenvalue weighted by Gasteiger charge is 2.34. The SMILES string of the molecule is O=C(NCCNC(=O)c1ccccc1C(F)(F)F)c1cccs1. The van der Waals surface area contributed by atoms with Crippen LogP contribution in [0, 0.1) is 0 Å². The molecule has 1 aromatic carbocycles. The van der Waals surface area contributed by atoms with Gasteiger partial charge >= 0.3 is 6.18 Å². The maximum absolute atomic E-state index is 12.8. The normalized spacial score (nSPS) is 11.1. The molecule has 0 aliphatic rings. The summed E-state index contributed by atoms with van der Waals surface area (Å²) in [6.45, 7) is 0.152. The highest BCUT2D eigenvalue weighted by atomic mass is 32.1. The van der Waals surface area contributed by atoms with Crippen molar-refractivity contribution < 1.29 is 22.8 Å². The summed E-state index contributed by atoms with van der Waals surface area (Å²) < 4.78 is 38.5. The van der Waals surface area contributed by atoms with Gasteiger partial charge in [-0.15, -0.1) is 11.3 Å². The maximum atomic E-state index is 12.8. The molecule has 4 nitrogen and oxygen atoms in total. The van der Waals surface area contributed by atoms with Gasteiger partial charge in [-0.3, -0.25) is 9.59 Å². The van der Waals surface area contributed by atoms with Crippen LogP contribution in [0.3, 0.4) is 0 Å². The number of nitrogens with one attached hydrogen (secondary N) is 2. The van der Waals surface area contributed by atoms with E-state index in [9.17, 15) is 22.8 Å². The second-order valence-corrected chi connectivity index (χ2v) is 5.48. The molecule has 1 heterocycles. The summed E-state index contributed by atoms with van der Waals surface area (Å²) in [4.78, 5) is 24.0. The third-order valence-electron chi connectivity index (χ3n) is 2.92. The van der Waals surface area contributed by atoms with Crippen LogP contribution in [0.5, 0.6) is 0 Å². The van der Waals surface area contributed by atoms with Crippen LogP contribution in [-0.2, 0) is 6.18 Å². The van der Waals surface area contributed by atoms with Gasteiger partial charge in [-0.1, -0.05) is 18.2 Å². The zero-order valence-electron chi connectivity index (χ0n) is 11.8. The first-order valence-electron chi connectivity index (χ1n) is 6.65. The minimum absolute atomic E-state index is 0.0299. The molecule has 0 aliphatic carbocycles. The summed E-state index contributed by atoms with van der Waals surface area (Å²) >= 11 is 1.27. The summed E-state index contributed by atoms with van der Waals surface area (Å²) in [7, 11) is 0. The molecule has 2 rings (SSSR count). The summed E-state index contributed by atoms with van der Waals surface area (Å²) in [5.74, 6) is -1.12. The largest absolute Gasteiger partial charge is 0.417 e. The maximum Gasteiger partial charge on any atom is 0.417 e. The van der Waals surface area contributed by atoms with Gasteiger partial charge < -0.3 is 10.6 Å². The fourth-order valence-corrected chi connectivity index (χ4v) is 2.51. The van der Waals surface area contributed by atoms with E-state index in [1.807, 2.05) is 0 Å². The van der Waals surface area contributed by atoms with E-state index in [0.29, 0.717) is 4.88 Å². The Hall–Kier alpha value is -2.35. The van der Waals surface area contributed by atoms with Crippen LogP contribution in [0.15, 0.2) is 41.8 Å². The van der Waals surface area contributed by atoms with Crippen molar-refractivity contribution in [3.05, 3.63) is 57.8 Å². The molecule has 0 bridgehead atoms. The third kappa shape index (κ3) is 4.56. The van der Waals surface area contributed by atoms with Crippen LogP contribution in [0.1, 0.15) is 25.6 Å². The fraction of sp³-hybridized carbons (Fsp3) is 0.200. The topological polar surface area (TPSA) is 58.2 Å². The molecule has 0 saturated carbocycles.